The Morgan fingerprint density at radius 1 is 1.08 bits per heavy atom. The number of anilines is 1. The number of carbonyl (C=O) groups is 2. The van der Waals surface area contributed by atoms with E-state index in [2.05, 4.69) is 22.0 Å². The normalized spacial score (nSPS) is 19.0. The van der Waals surface area contributed by atoms with Crippen molar-refractivity contribution in [1.82, 2.24) is 14.8 Å². The van der Waals surface area contributed by atoms with Crippen LogP contribution < -0.4 is 4.90 Å². The molecule has 1 aliphatic carbocycles. The van der Waals surface area contributed by atoms with Crippen LogP contribution in [-0.4, -0.2) is 58.4 Å². The summed E-state index contributed by atoms with van der Waals surface area (Å²) >= 11 is 0. The van der Waals surface area contributed by atoms with Crippen molar-refractivity contribution in [2.24, 2.45) is 5.92 Å². The molecule has 7 heteroatoms. The quantitative estimate of drug-likeness (QED) is 0.537. The van der Waals surface area contributed by atoms with Crippen molar-refractivity contribution < 1.29 is 14.7 Å². The Hall–Kier alpha value is -3.87. The highest BCUT2D eigenvalue weighted by Crippen LogP contribution is 2.42. The zero-order valence-corrected chi connectivity index (χ0v) is 22.1. The van der Waals surface area contributed by atoms with Crippen molar-refractivity contribution in [2.75, 3.05) is 31.6 Å². The Balaban J connectivity index is 1.08. The van der Waals surface area contributed by atoms with Crippen molar-refractivity contribution in [3.05, 3.63) is 88.2 Å². The zero-order chi connectivity index (χ0) is 26.4. The number of phenolic OH excluding ortho intramolecular Hbond substituents is 1. The van der Waals surface area contributed by atoms with E-state index >= 15 is 0 Å². The molecule has 1 saturated heterocycles. The predicted octanol–water partition coefficient (Wildman–Crippen LogP) is 4.73. The summed E-state index contributed by atoms with van der Waals surface area (Å²) in [6.45, 7) is 5.27. The number of phenols is 1. The lowest BCUT2D eigenvalue weighted by Gasteiger charge is -2.35. The van der Waals surface area contributed by atoms with Gasteiger partial charge in [0.05, 0.1) is 11.6 Å². The molecule has 3 aromatic rings. The summed E-state index contributed by atoms with van der Waals surface area (Å²) in [6, 6.07) is 15.4. The van der Waals surface area contributed by atoms with E-state index in [0.717, 1.165) is 67.7 Å². The summed E-state index contributed by atoms with van der Waals surface area (Å²) in [5.41, 5.74) is 6.53. The molecule has 0 saturated carbocycles. The van der Waals surface area contributed by atoms with Gasteiger partial charge >= 0.3 is 0 Å². The highest BCUT2D eigenvalue weighted by molar-refractivity contribution is 6.01. The lowest BCUT2D eigenvalue weighted by atomic mass is 9.95. The smallest absolute Gasteiger partial charge is 0.258 e. The predicted molar refractivity (Wildman–Crippen MR) is 146 cm³/mol. The second kappa shape index (κ2) is 9.78. The van der Waals surface area contributed by atoms with Gasteiger partial charge in [-0.25, -0.2) is 0 Å². The average Bonchev–Trinajstić information content (AvgIpc) is 3.49. The van der Waals surface area contributed by atoms with Crippen LogP contribution in [0.2, 0.25) is 0 Å². The minimum Gasteiger partial charge on any atom is -0.507 e. The second-order valence-electron chi connectivity index (χ2n) is 11.0. The van der Waals surface area contributed by atoms with E-state index in [1.165, 1.54) is 5.69 Å². The van der Waals surface area contributed by atoms with Crippen LogP contribution in [0, 0.1) is 12.8 Å². The fraction of sp³-hybridized carbons (Fsp3) is 0.387. The van der Waals surface area contributed by atoms with Gasteiger partial charge in [-0.3, -0.25) is 14.6 Å². The molecule has 0 spiro atoms. The van der Waals surface area contributed by atoms with E-state index < -0.39 is 0 Å². The minimum atomic E-state index is -0.110. The average molecular weight is 511 g/mol. The van der Waals surface area contributed by atoms with Gasteiger partial charge in [-0.1, -0.05) is 18.2 Å². The molecule has 6 rings (SSSR count). The lowest BCUT2D eigenvalue weighted by Crippen LogP contribution is -2.39. The number of hydrogen-bond donors (Lipinski definition) is 1. The van der Waals surface area contributed by atoms with Gasteiger partial charge in [0.1, 0.15) is 5.75 Å². The van der Waals surface area contributed by atoms with Gasteiger partial charge in [-0.2, -0.15) is 0 Å². The van der Waals surface area contributed by atoms with Crippen molar-refractivity contribution in [3.63, 3.8) is 0 Å². The molecule has 38 heavy (non-hydrogen) atoms. The Labute approximate surface area is 223 Å². The van der Waals surface area contributed by atoms with Crippen molar-refractivity contribution >= 4 is 17.5 Å². The van der Waals surface area contributed by atoms with E-state index in [0.29, 0.717) is 23.6 Å². The first-order valence-corrected chi connectivity index (χ1v) is 13.6. The van der Waals surface area contributed by atoms with Gasteiger partial charge < -0.3 is 19.8 Å². The second-order valence-corrected chi connectivity index (χ2v) is 11.0. The Kier molecular flexibility index (Phi) is 6.30. The lowest BCUT2D eigenvalue weighted by molar-refractivity contribution is 0.0698. The number of rotatable bonds is 5. The van der Waals surface area contributed by atoms with Crippen LogP contribution in [0.15, 0.2) is 54.7 Å². The Morgan fingerprint density at radius 2 is 1.89 bits per heavy atom. The molecule has 0 bridgehead atoms. The van der Waals surface area contributed by atoms with Crippen LogP contribution in [-0.2, 0) is 13.0 Å². The van der Waals surface area contributed by atoms with E-state index in [4.69, 9.17) is 0 Å². The van der Waals surface area contributed by atoms with Gasteiger partial charge in [0.2, 0.25) is 0 Å². The van der Waals surface area contributed by atoms with Gasteiger partial charge in [-0.15, -0.1) is 0 Å². The fourth-order valence-corrected chi connectivity index (χ4v) is 6.46. The summed E-state index contributed by atoms with van der Waals surface area (Å²) < 4.78 is 0. The molecule has 0 unspecified atom stereocenters. The zero-order valence-electron chi connectivity index (χ0n) is 22.1. The van der Waals surface area contributed by atoms with Crippen LogP contribution >= 0.6 is 0 Å². The first kappa shape index (κ1) is 24.5. The summed E-state index contributed by atoms with van der Waals surface area (Å²) in [7, 11) is 1.91. The number of hydrogen-bond acceptors (Lipinski definition) is 5. The molecule has 2 aliphatic heterocycles. The number of aryl methyl sites for hydroxylation is 2. The van der Waals surface area contributed by atoms with Crippen molar-refractivity contribution in [2.45, 2.75) is 45.2 Å². The van der Waals surface area contributed by atoms with Crippen LogP contribution in [0.25, 0.3) is 0 Å². The first-order valence-electron chi connectivity index (χ1n) is 13.6. The highest BCUT2D eigenvalue weighted by Gasteiger charge is 2.38. The number of amides is 2. The number of aromatic nitrogens is 1. The molecular weight excluding hydrogens is 476 g/mol. The number of pyridine rings is 1. The van der Waals surface area contributed by atoms with E-state index in [9.17, 15) is 14.7 Å². The fourth-order valence-electron chi connectivity index (χ4n) is 6.46. The van der Waals surface area contributed by atoms with Crippen LogP contribution in [0.3, 0.4) is 0 Å². The summed E-state index contributed by atoms with van der Waals surface area (Å²) in [6.07, 6.45) is 5.66. The maximum atomic E-state index is 13.3. The molecule has 3 heterocycles. The molecule has 2 amide bonds. The third kappa shape index (κ3) is 4.40. The molecule has 3 aliphatic rings. The van der Waals surface area contributed by atoms with Gasteiger partial charge in [-0.05, 0) is 85.5 Å². The molecular formula is C31H34N4O3. The number of benzene rings is 2. The summed E-state index contributed by atoms with van der Waals surface area (Å²) in [5.74, 6) is 0.482. The molecule has 7 nitrogen and oxygen atoms in total. The molecule has 1 N–H and O–H groups in total. The third-order valence-electron chi connectivity index (χ3n) is 8.50. The standard InChI is InChI=1S/C31H34N4O3/c1-20-16-25(10-13-32-20)34-14-11-21(12-15-34)18-33(2)30(37)23-6-8-26-22(17-23)7-9-27(26)35-19-24-4-3-5-28(36)29(24)31(35)38/h3-6,8,10,13,16-17,21,27,36H,7,9,11-12,14-15,18-19H2,1-2H3/t27-/m1/s1. The monoisotopic (exact) mass is 510 g/mol. The van der Waals surface area contributed by atoms with E-state index in [1.807, 2.05) is 54.2 Å². The van der Waals surface area contributed by atoms with Gasteiger partial charge in [0.25, 0.3) is 11.8 Å². The largest absolute Gasteiger partial charge is 0.507 e. The number of carbonyl (C=O) groups excluding carboxylic acids is 2. The molecule has 1 aromatic heterocycles. The molecule has 2 aromatic carbocycles. The molecule has 1 atom stereocenters. The Bertz CT molecular complexity index is 1400. The third-order valence-corrected chi connectivity index (χ3v) is 8.50. The molecule has 1 fully saturated rings. The van der Waals surface area contributed by atoms with Gasteiger partial charge in [0, 0.05) is 56.4 Å². The highest BCUT2D eigenvalue weighted by atomic mass is 16.3. The topological polar surface area (TPSA) is 77.0 Å². The van der Waals surface area contributed by atoms with Crippen molar-refractivity contribution in [3.8, 4) is 5.75 Å². The summed E-state index contributed by atoms with van der Waals surface area (Å²) in [4.78, 5) is 36.9. The van der Waals surface area contributed by atoms with E-state index in [1.54, 1.807) is 12.1 Å². The molecule has 0 radical (unpaired) electrons. The number of fused-ring (bicyclic) bond motifs is 2. The number of nitrogens with zero attached hydrogens (tertiary/aromatic N) is 4. The van der Waals surface area contributed by atoms with Crippen LogP contribution in [0.1, 0.15) is 68.4 Å². The molecule has 196 valence electrons. The minimum absolute atomic E-state index is 0.0273. The maximum absolute atomic E-state index is 13.3. The van der Waals surface area contributed by atoms with Crippen molar-refractivity contribution in [1.29, 1.82) is 0 Å². The van der Waals surface area contributed by atoms with Crippen LogP contribution in [0.4, 0.5) is 5.69 Å². The number of piperidine rings is 1. The van der Waals surface area contributed by atoms with Gasteiger partial charge in [0.15, 0.2) is 0 Å². The van der Waals surface area contributed by atoms with E-state index in [-0.39, 0.29) is 23.6 Å². The number of aromatic hydroxyl groups is 1. The Morgan fingerprint density at radius 3 is 2.66 bits per heavy atom. The van der Waals surface area contributed by atoms with Crippen LogP contribution in [0.5, 0.6) is 5.75 Å². The first-order chi connectivity index (χ1) is 18.4. The SMILES string of the molecule is Cc1cc(N2CCC(CN(C)C(=O)c3ccc4c(c3)CC[C@H]4N3Cc4cccc(O)c4C3=O)CC2)ccn1. The maximum Gasteiger partial charge on any atom is 0.258 e. The summed E-state index contributed by atoms with van der Waals surface area (Å²) in [5, 5.41) is 10.2.